The van der Waals surface area contributed by atoms with Crippen LogP contribution in [0.5, 0.6) is 0 Å². The molecule has 1 N–H and O–H groups in total. The summed E-state index contributed by atoms with van der Waals surface area (Å²) in [5.74, 6) is -0.163. The average molecular weight is 484 g/mol. The molecular formula is C25H27BrFN3O. The van der Waals surface area contributed by atoms with Gasteiger partial charge in [0.1, 0.15) is 5.82 Å². The van der Waals surface area contributed by atoms with Gasteiger partial charge in [0.05, 0.1) is 17.6 Å². The molecular weight excluding hydrogens is 457 g/mol. The summed E-state index contributed by atoms with van der Waals surface area (Å²) >= 11 is 3.68. The van der Waals surface area contributed by atoms with Crippen LogP contribution >= 0.6 is 15.9 Å². The van der Waals surface area contributed by atoms with Gasteiger partial charge in [-0.3, -0.25) is 9.89 Å². The SMILES string of the molecule is C=C(c1[nH]ncc(=O)c1C)N(CCC)CCC(c1ccc(F)cc1)c1ccccc1Br. The van der Waals surface area contributed by atoms with Crippen molar-refractivity contribution in [1.29, 1.82) is 0 Å². The average Bonchev–Trinajstić information content (AvgIpc) is 2.76. The molecule has 1 unspecified atom stereocenters. The van der Waals surface area contributed by atoms with Crippen LogP contribution in [-0.4, -0.2) is 28.2 Å². The first kappa shape index (κ1) is 22.9. The van der Waals surface area contributed by atoms with Gasteiger partial charge in [0.2, 0.25) is 5.43 Å². The van der Waals surface area contributed by atoms with Gasteiger partial charge in [0, 0.05) is 29.0 Å². The van der Waals surface area contributed by atoms with Gasteiger partial charge in [0.25, 0.3) is 0 Å². The summed E-state index contributed by atoms with van der Waals surface area (Å²) < 4.78 is 14.6. The first-order valence-corrected chi connectivity index (χ1v) is 11.2. The number of halogens is 2. The van der Waals surface area contributed by atoms with Gasteiger partial charge in [-0.15, -0.1) is 0 Å². The van der Waals surface area contributed by atoms with Crippen molar-refractivity contribution in [2.75, 3.05) is 13.1 Å². The second-order valence-electron chi connectivity index (χ2n) is 7.58. The molecule has 0 radical (unpaired) electrons. The molecule has 0 aliphatic heterocycles. The van der Waals surface area contributed by atoms with E-state index in [0.717, 1.165) is 47.2 Å². The van der Waals surface area contributed by atoms with Crippen molar-refractivity contribution in [3.05, 3.63) is 104 Å². The predicted molar refractivity (Wildman–Crippen MR) is 127 cm³/mol. The molecule has 0 bridgehead atoms. The van der Waals surface area contributed by atoms with Crippen LogP contribution in [0.2, 0.25) is 0 Å². The predicted octanol–water partition coefficient (Wildman–Crippen LogP) is 5.88. The Labute approximate surface area is 191 Å². The maximum Gasteiger partial charge on any atom is 0.203 e. The largest absolute Gasteiger partial charge is 0.370 e. The number of rotatable bonds is 9. The first-order valence-electron chi connectivity index (χ1n) is 10.4. The van der Waals surface area contributed by atoms with Crippen molar-refractivity contribution < 1.29 is 4.39 Å². The Morgan fingerprint density at radius 2 is 1.90 bits per heavy atom. The van der Waals surface area contributed by atoms with E-state index in [0.29, 0.717) is 11.3 Å². The maximum absolute atomic E-state index is 13.5. The Hall–Kier alpha value is -2.73. The van der Waals surface area contributed by atoms with Gasteiger partial charge in [-0.2, -0.15) is 5.10 Å². The number of aromatic nitrogens is 2. The molecule has 0 aliphatic rings. The minimum absolute atomic E-state index is 0.0809. The third kappa shape index (κ3) is 5.50. The molecule has 0 amide bonds. The Kier molecular flexibility index (Phi) is 7.80. The lowest BCUT2D eigenvalue weighted by Gasteiger charge is -2.29. The molecule has 31 heavy (non-hydrogen) atoms. The smallest absolute Gasteiger partial charge is 0.203 e. The Morgan fingerprint density at radius 1 is 1.19 bits per heavy atom. The molecule has 1 aromatic heterocycles. The van der Waals surface area contributed by atoms with Crippen LogP contribution in [0.3, 0.4) is 0 Å². The molecule has 6 heteroatoms. The highest BCUT2D eigenvalue weighted by Gasteiger charge is 2.20. The van der Waals surface area contributed by atoms with E-state index >= 15 is 0 Å². The molecule has 0 spiro atoms. The van der Waals surface area contributed by atoms with Crippen LogP contribution < -0.4 is 5.43 Å². The molecule has 2 aromatic carbocycles. The third-order valence-electron chi connectivity index (χ3n) is 5.51. The number of H-pyrrole nitrogens is 1. The molecule has 162 valence electrons. The van der Waals surface area contributed by atoms with Gasteiger partial charge in [0.15, 0.2) is 0 Å². The standard InChI is InChI=1S/C25H27BrFN3O/c1-4-14-30(18(3)25-17(2)24(31)16-28-29-25)15-13-21(19-9-11-20(27)12-10-19)22-7-5-6-8-23(22)26/h5-12,16,21H,3-4,13-15H2,1-2H3,(H,29,31). The third-order valence-corrected chi connectivity index (χ3v) is 6.23. The van der Waals surface area contributed by atoms with Gasteiger partial charge in [-0.1, -0.05) is 59.8 Å². The van der Waals surface area contributed by atoms with Crippen LogP contribution in [0.15, 0.2) is 70.6 Å². The summed E-state index contributed by atoms with van der Waals surface area (Å²) in [5.41, 5.74) is 4.14. The number of nitrogens with one attached hydrogen (secondary N) is 1. The van der Waals surface area contributed by atoms with E-state index in [1.807, 2.05) is 30.3 Å². The molecule has 0 fully saturated rings. The first-order chi connectivity index (χ1) is 14.9. The van der Waals surface area contributed by atoms with Crippen LogP contribution in [-0.2, 0) is 0 Å². The molecule has 3 rings (SSSR count). The molecule has 1 atom stereocenters. The van der Waals surface area contributed by atoms with Crippen LogP contribution in [0.1, 0.15) is 48.1 Å². The number of aromatic amines is 1. The van der Waals surface area contributed by atoms with Crippen molar-refractivity contribution in [2.24, 2.45) is 0 Å². The molecule has 1 heterocycles. The minimum Gasteiger partial charge on any atom is -0.370 e. The van der Waals surface area contributed by atoms with E-state index in [-0.39, 0.29) is 17.2 Å². The molecule has 0 aliphatic carbocycles. The second kappa shape index (κ2) is 10.5. The summed E-state index contributed by atoms with van der Waals surface area (Å²) in [6.45, 7) is 9.69. The van der Waals surface area contributed by atoms with Crippen LogP contribution in [0.4, 0.5) is 4.39 Å². The summed E-state index contributed by atoms with van der Waals surface area (Å²) in [6.07, 6.45) is 3.03. The van der Waals surface area contributed by atoms with Gasteiger partial charge >= 0.3 is 0 Å². The monoisotopic (exact) mass is 483 g/mol. The summed E-state index contributed by atoms with van der Waals surface area (Å²) in [5, 5.41) is 6.89. The van der Waals surface area contributed by atoms with E-state index in [9.17, 15) is 9.18 Å². The Balaban J connectivity index is 1.90. The zero-order valence-corrected chi connectivity index (χ0v) is 19.5. The van der Waals surface area contributed by atoms with Gasteiger partial charge in [-0.05, 0) is 49.1 Å². The summed E-state index contributed by atoms with van der Waals surface area (Å²) in [6, 6.07) is 14.8. The normalized spacial score (nSPS) is 11.9. The topological polar surface area (TPSA) is 49.0 Å². The molecule has 0 saturated heterocycles. The fourth-order valence-corrected chi connectivity index (χ4v) is 4.35. The zero-order chi connectivity index (χ0) is 22.4. The maximum atomic E-state index is 13.5. The van der Waals surface area contributed by atoms with E-state index in [2.05, 4.69) is 50.6 Å². The lowest BCUT2D eigenvalue weighted by atomic mass is 9.88. The van der Waals surface area contributed by atoms with Crippen LogP contribution in [0, 0.1) is 12.7 Å². The zero-order valence-electron chi connectivity index (χ0n) is 17.9. The number of hydrogen-bond donors (Lipinski definition) is 1. The van der Waals surface area contributed by atoms with Crippen molar-refractivity contribution >= 4 is 21.6 Å². The van der Waals surface area contributed by atoms with Crippen molar-refractivity contribution in [3.63, 3.8) is 0 Å². The highest BCUT2D eigenvalue weighted by atomic mass is 79.9. The van der Waals surface area contributed by atoms with Crippen molar-refractivity contribution in [2.45, 2.75) is 32.6 Å². The Bertz CT molecular complexity index is 1090. The quantitative estimate of drug-likeness (QED) is 0.413. The fourth-order valence-electron chi connectivity index (χ4n) is 3.79. The number of hydrogen-bond acceptors (Lipinski definition) is 3. The summed E-state index contributed by atoms with van der Waals surface area (Å²) in [7, 11) is 0. The minimum atomic E-state index is -0.244. The number of nitrogens with zero attached hydrogens (tertiary/aromatic N) is 2. The van der Waals surface area contributed by atoms with E-state index in [4.69, 9.17) is 0 Å². The van der Waals surface area contributed by atoms with Gasteiger partial charge in [-0.25, -0.2) is 4.39 Å². The molecule has 0 saturated carbocycles. The molecule has 3 aromatic rings. The van der Waals surface area contributed by atoms with Crippen LogP contribution in [0.25, 0.3) is 5.70 Å². The van der Waals surface area contributed by atoms with E-state index in [1.54, 1.807) is 6.92 Å². The van der Waals surface area contributed by atoms with Crippen molar-refractivity contribution in [3.8, 4) is 0 Å². The highest BCUT2D eigenvalue weighted by molar-refractivity contribution is 9.10. The summed E-state index contributed by atoms with van der Waals surface area (Å²) in [4.78, 5) is 14.2. The second-order valence-corrected chi connectivity index (χ2v) is 8.44. The lowest BCUT2D eigenvalue weighted by molar-refractivity contribution is 0.379. The van der Waals surface area contributed by atoms with Crippen molar-refractivity contribution in [1.82, 2.24) is 15.1 Å². The lowest BCUT2D eigenvalue weighted by Crippen LogP contribution is -2.27. The number of benzene rings is 2. The van der Waals surface area contributed by atoms with E-state index < -0.39 is 0 Å². The fraction of sp³-hybridized carbons (Fsp3) is 0.280. The Morgan fingerprint density at radius 3 is 2.58 bits per heavy atom. The van der Waals surface area contributed by atoms with E-state index in [1.165, 1.54) is 18.3 Å². The highest BCUT2D eigenvalue weighted by Crippen LogP contribution is 2.34. The van der Waals surface area contributed by atoms with Gasteiger partial charge < -0.3 is 4.90 Å². The molecule has 4 nitrogen and oxygen atoms in total.